The van der Waals surface area contributed by atoms with E-state index in [2.05, 4.69) is 32.7 Å². The van der Waals surface area contributed by atoms with E-state index in [0.717, 1.165) is 64.0 Å². The number of pyridine rings is 1. The summed E-state index contributed by atoms with van der Waals surface area (Å²) < 4.78 is 0. The zero-order valence-electron chi connectivity index (χ0n) is 18.3. The zero-order chi connectivity index (χ0) is 21.7. The van der Waals surface area contributed by atoms with Crippen molar-refractivity contribution in [1.29, 1.82) is 0 Å². The van der Waals surface area contributed by atoms with Crippen LogP contribution in [-0.4, -0.2) is 41.3 Å². The highest BCUT2D eigenvalue weighted by Crippen LogP contribution is 2.59. The molecule has 1 unspecified atom stereocenters. The van der Waals surface area contributed by atoms with Crippen LogP contribution in [0.1, 0.15) is 43.7 Å². The standard InChI is InChI=1S/C25H32N4O2/c1-19(30)28-22-6-4-21(5-7-22)18-29-15-10-25(11-16-29)17-23(25)24(31)27-12-2-3-20-8-13-26-14-9-20/h4-9,13-14,23H,2-3,10-12,15-18H2,1H3,(H,27,31)(H,28,30). The highest BCUT2D eigenvalue weighted by atomic mass is 16.2. The molecule has 1 atom stereocenters. The molecule has 1 saturated heterocycles. The molecule has 2 heterocycles. The van der Waals surface area contributed by atoms with Gasteiger partial charge in [0, 0.05) is 44.0 Å². The van der Waals surface area contributed by atoms with Gasteiger partial charge in [0.15, 0.2) is 0 Å². The van der Waals surface area contributed by atoms with Gasteiger partial charge in [-0.1, -0.05) is 12.1 Å². The van der Waals surface area contributed by atoms with Crippen LogP contribution >= 0.6 is 0 Å². The summed E-state index contributed by atoms with van der Waals surface area (Å²) in [7, 11) is 0. The number of rotatable bonds is 8. The Bertz CT molecular complexity index is 889. The lowest BCUT2D eigenvalue weighted by atomic mass is 9.90. The van der Waals surface area contributed by atoms with Gasteiger partial charge in [0.05, 0.1) is 0 Å². The number of carbonyl (C=O) groups is 2. The molecule has 1 aliphatic heterocycles. The highest BCUT2D eigenvalue weighted by molar-refractivity contribution is 5.88. The summed E-state index contributed by atoms with van der Waals surface area (Å²) in [6.45, 7) is 5.26. The number of likely N-dealkylation sites (tertiary alicyclic amines) is 1. The van der Waals surface area contributed by atoms with E-state index in [-0.39, 0.29) is 23.1 Å². The average molecular weight is 421 g/mol. The van der Waals surface area contributed by atoms with Crippen LogP contribution in [0, 0.1) is 11.3 Å². The van der Waals surface area contributed by atoms with Gasteiger partial charge in [0.25, 0.3) is 0 Å². The lowest BCUT2D eigenvalue weighted by Gasteiger charge is -2.32. The van der Waals surface area contributed by atoms with Gasteiger partial charge in [0.1, 0.15) is 0 Å². The third kappa shape index (κ3) is 5.70. The van der Waals surface area contributed by atoms with Crippen LogP contribution in [0.25, 0.3) is 0 Å². The van der Waals surface area contributed by atoms with Gasteiger partial charge in [-0.3, -0.25) is 19.5 Å². The number of carbonyl (C=O) groups excluding carboxylic acids is 2. The fraction of sp³-hybridized carbons (Fsp3) is 0.480. The number of aromatic nitrogens is 1. The van der Waals surface area contributed by atoms with Gasteiger partial charge in [-0.2, -0.15) is 0 Å². The van der Waals surface area contributed by atoms with Crippen LogP contribution in [-0.2, 0) is 22.6 Å². The number of piperidine rings is 1. The Morgan fingerprint density at radius 2 is 1.77 bits per heavy atom. The summed E-state index contributed by atoms with van der Waals surface area (Å²) in [5, 5.41) is 5.96. The lowest BCUT2D eigenvalue weighted by molar-refractivity contribution is -0.123. The molecular weight excluding hydrogens is 388 g/mol. The molecule has 6 heteroatoms. The van der Waals surface area contributed by atoms with Crippen molar-refractivity contribution in [2.75, 3.05) is 25.0 Å². The molecule has 2 fully saturated rings. The second-order valence-electron chi connectivity index (χ2n) is 9.02. The third-order valence-corrected chi connectivity index (χ3v) is 6.73. The molecular formula is C25H32N4O2. The number of nitrogens with one attached hydrogen (secondary N) is 2. The Kier molecular flexibility index (Phi) is 6.66. The molecule has 1 saturated carbocycles. The first kappa shape index (κ1) is 21.5. The summed E-state index contributed by atoms with van der Waals surface area (Å²) in [6.07, 6.45) is 8.81. The van der Waals surface area contributed by atoms with Crippen molar-refractivity contribution in [1.82, 2.24) is 15.2 Å². The Labute approximate surface area is 184 Å². The van der Waals surface area contributed by atoms with E-state index in [1.165, 1.54) is 18.1 Å². The summed E-state index contributed by atoms with van der Waals surface area (Å²) in [6, 6.07) is 12.1. The molecule has 0 radical (unpaired) electrons. The van der Waals surface area contributed by atoms with Crippen molar-refractivity contribution < 1.29 is 9.59 Å². The average Bonchev–Trinajstić information content (AvgIpc) is 3.48. The molecule has 2 amide bonds. The predicted molar refractivity (Wildman–Crippen MR) is 121 cm³/mol. The highest BCUT2D eigenvalue weighted by Gasteiger charge is 2.58. The number of anilines is 1. The number of hydrogen-bond acceptors (Lipinski definition) is 4. The SMILES string of the molecule is CC(=O)Nc1ccc(CN2CCC3(CC2)CC3C(=O)NCCCc2ccncc2)cc1. The van der Waals surface area contributed by atoms with Gasteiger partial charge >= 0.3 is 0 Å². The van der Waals surface area contributed by atoms with E-state index in [4.69, 9.17) is 0 Å². The fourth-order valence-electron chi connectivity index (χ4n) is 4.76. The summed E-state index contributed by atoms with van der Waals surface area (Å²) >= 11 is 0. The first-order valence-electron chi connectivity index (χ1n) is 11.3. The third-order valence-electron chi connectivity index (χ3n) is 6.73. The molecule has 1 aliphatic carbocycles. The van der Waals surface area contributed by atoms with Crippen molar-refractivity contribution in [3.8, 4) is 0 Å². The van der Waals surface area contributed by atoms with Crippen LogP contribution in [0.5, 0.6) is 0 Å². The largest absolute Gasteiger partial charge is 0.356 e. The van der Waals surface area contributed by atoms with Crippen LogP contribution < -0.4 is 10.6 Å². The fourth-order valence-corrected chi connectivity index (χ4v) is 4.76. The van der Waals surface area contributed by atoms with Crippen LogP contribution in [0.15, 0.2) is 48.8 Å². The van der Waals surface area contributed by atoms with Crippen LogP contribution in [0.3, 0.4) is 0 Å². The minimum absolute atomic E-state index is 0.0501. The molecule has 2 N–H and O–H groups in total. The molecule has 2 aliphatic rings. The van der Waals surface area contributed by atoms with Gasteiger partial charge in [0.2, 0.25) is 11.8 Å². The second kappa shape index (κ2) is 9.60. The van der Waals surface area contributed by atoms with E-state index in [1.807, 2.05) is 36.7 Å². The Morgan fingerprint density at radius 1 is 1.06 bits per heavy atom. The number of benzene rings is 1. The first-order valence-corrected chi connectivity index (χ1v) is 11.3. The van der Waals surface area contributed by atoms with E-state index < -0.39 is 0 Å². The molecule has 1 spiro atoms. The quantitative estimate of drug-likeness (QED) is 0.642. The van der Waals surface area contributed by atoms with Crippen molar-refractivity contribution in [3.63, 3.8) is 0 Å². The van der Waals surface area contributed by atoms with E-state index in [1.54, 1.807) is 0 Å². The van der Waals surface area contributed by atoms with Crippen molar-refractivity contribution >= 4 is 17.5 Å². The zero-order valence-corrected chi connectivity index (χ0v) is 18.3. The molecule has 1 aromatic heterocycles. The molecule has 31 heavy (non-hydrogen) atoms. The molecule has 1 aromatic carbocycles. The van der Waals surface area contributed by atoms with Crippen molar-refractivity contribution in [2.45, 2.75) is 45.6 Å². The van der Waals surface area contributed by atoms with E-state index >= 15 is 0 Å². The Hall–Kier alpha value is -2.73. The topological polar surface area (TPSA) is 74.3 Å². The maximum Gasteiger partial charge on any atom is 0.223 e. The number of aryl methyl sites for hydroxylation is 1. The van der Waals surface area contributed by atoms with Gasteiger partial charge in [-0.25, -0.2) is 0 Å². The second-order valence-corrected chi connectivity index (χ2v) is 9.02. The number of hydrogen-bond donors (Lipinski definition) is 2. The maximum absolute atomic E-state index is 12.6. The monoisotopic (exact) mass is 420 g/mol. The predicted octanol–water partition coefficient (Wildman–Crippen LogP) is 3.39. The van der Waals surface area contributed by atoms with Gasteiger partial charge in [-0.15, -0.1) is 0 Å². The first-order chi connectivity index (χ1) is 15.0. The summed E-state index contributed by atoms with van der Waals surface area (Å²) in [4.78, 5) is 30.3. The van der Waals surface area contributed by atoms with Crippen LogP contribution in [0.4, 0.5) is 5.69 Å². The minimum atomic E-state index is -0.0501. The number of amides is 2. The molecule has 164 valence electrons. The maximum atomic E-state index is 12.6. The van der Waals surface area contributed by atoms with E-state index in [9.17, 15) is 9.59 Å². The molecule has 2 aromatic rings. The molecule has 6 nitrogen and oxygen atoms in total. The molecule has 4 rings (SSSR count). The van der Waals surface area contributed by atoms with Crippen molar-refractivity contribution in [3.05, 3.63) is 59.9 Å². The van der Waals surface area contributed by atoms with Gasteiger partial charge in [-0.05, 0) is 86.0 Å². The summed E-state index contributed by atoms with van der Waals surface area (Å²) in [5.74, 6) is 0.398. The smallest absolute Gasteiger partial charge is 0.223 e. The van der Waals surface area contributed by atoms with Crippen molar-refractivity contribution in [2.24, 2.45) is 11.3 Å². The Morgan fingerprint density at radius 3 is 2.45 bits per heavy atom. The van der Waals surface area contributed by atoms with Gasteiger partial charge < -0.3 is 10.6 Å². The minimum Gasteiger partial charge on any atom is -0.356 e. The van der Waals surface area contributed by atoms with E-state index in [0.29, 0.717) is 0 Å². The van der Waals surface area contributed by atoms with Crippen LogP contribution in [0.2, 0.25) is 0 Å². The Balaban J connectivity index is 1.16. The summed E-state index contributed by atoms with van der Waals surface area (Å²) in [5.41, 5.74) is 3.59. The lowest BCUT2D eigenvalue weighted by Crippen LogP contribution is -2.37. The normalized spacial score (nSPS) is 19.7. The number of nitrogens with zero attached hydrogens (tertiary/aromatic N) is 2. The molecule has 0 bridgehead atoms.